The van der Waals surface area contributed by atoms with E-state index in [1.807, 2.05) is 31.4 Å². The van der Waals surface area contributed by atoms with E-state index in [0.717, 1.165) is 10.4 Å². The summed E-state index contributed by atoms with van der Waals surface area (Å²) in [5, 5.41) is 4.97. The maximum Gasteiger partial charge on any atom is 0.223 e. The summed E-state index contributed by atoms with van der Waals surface area (Å²) in [4.78, 5) is 13.0. The second kappa shape index (κ2) is 5.97. The van der Waals surface area contributed by atoms with E-state index in [1.165, 1.54) is 12.1 Å². The Hall–Kier alpha value is -1.68. The quantitative estimate of drug-likeness (QED) is 0.906. The molecular formula is C15H16FNOS. The van der Waals surface area contributed by atoms with Crippen molar-refractivity contribution in [1.82, 2.24) is 5.32 Å². The van der Waals surface area contributed by atoms with E-state index in [9.17, 15) is 9.18 Å². The lowest BCUT2D eigenvalue weighted by Crippen LogP contribution is -2.32. The van der Waals surface area contributed by atoms with Crippen LogP contribution in [0.25, 0.3) is 0 Å². The SMILES string of the molecule is CC(C)C(=O)NC(c1ccc(F)cc1)c1cccs1. The van der Waals surface area contributed by atoms with Crippen LogP contribution in [0.4, 0.5) is 4.39 Å². The average molecular weight is 277 g/mol. The number of thiophene rings is 1. The molecule has 0 radical (unpaired) electrons. The zero-order valence-corrected chi connectivity index (χ0v) is 11.7. The summed E-state index contributed by atoms with van der Waals surface area (Å²) in [6.07, 6.45) is 0. The maximum absolute atomic E-state index is 13.0. The number of carbonyl (C=O) groups excluding carboxylic acids is 1. The normalized spacial score (nSPS) is 12.4. The van der Waals surface area contributed by atoms with Crippen LogP contribution in [0.1, 0.15) is 30.3 Å². The summed E-state index contributed by atoms with van der Waals surface area (Å²) in [6, 6.07) is 9.95. The van der Waals surface area contributed by atoms with Gasteiger partial charge in [0, 0.05) is 10.8 Å². The van der Waals surface area contributed by atoms with Gasteiger partial charge in [-0.25, -0.2) is 4.39 Å². The van der Waals surface area contributed by atoms with Gasteiger partial charge in [-0.1, -0.05) is 32.0 Å². The minimum Gasteiger partial charge on any atom is -0.344 e. The highest BCUT2D eigenvalue weighted by Gasteiger charge is 2.19. The van der Waals surface area contributed by atoms with Gasteiger partial charge >= 0.3 is 0 Å². The summed E-state index contributed by atoms with van der Waals surface area (Å²) < 4.78 is 13.0. The molecule has 1 amide bonds. The smallest absolute Gasteiger partial charge is 0.223 e. The minimum absolute atomic E-state index is 0.0114. The van der Waals surface area contributed by atoms with Crippen LogP contribution in [-0.4, -0.2) is 5.91 Å². The van der Waals surface area contributed by atoms with E-state index in [4.69, 9.17) is 0 Å². The summed E-state index contributed by atoms with van der Waals surface area (Å²) in [7, 11) is 0. The highest BCUT2D eigenvalue weighted by atomic mass is 32.1. The third kappa shape index (κ3) is 3.41. The number of halogens is 1. The van der Waals surface area contributed by atoms with Crippen LogP contribution in [0.15, 0.2) is 41.8 Å². The Kier molecular flexibility index (Phi) is 4.32. The molecule has 0 aliphatic heterocycles. The van der Waals surface area contributed by atoms with Gasteiger partial charge in [-0.05, 0) is 29.1 Å². The molecule has 2 rings (SSSR count). The first-order valence-electron chi connectivity index (χ1n) is 6.17. The van der Waals surface area contributed by atoms with Crippen LogP contribution < -0.4 is 5.32 Å². The average Bonchev–Trinajstić information content (AvgIpc) is 2.90. The Morgan fingerprint density at radius 1 is 1.21 bits per heavy atom. The number of carbonyl (C=O) groups is 1. The standard InChI is InChI=1S/C15H16FNOS/c1-10(2)15(18)17-14(13-4-3-9-19-13)11-5-7-12(16)8-6-11/h3-10,14H,1-2H3,(H,17,18). The van der Waals surface area contributed by atoms with E-state index >= 15 is 0 Å². The summed E-state index contributed by atoms with van der Waals surface area (Å²) in [5.41, 5.74) is 0.887. The van der Waals surface area contributed by atoms with Gasteiger partial charge in [-0.3, -0.25) is 4.79 Å². The molecule has 0 saturated carbocycles. The van der Waals surface area contributed by atoms with Gasteiger partial charge in [-0.2, -0.15) is 0 Å². The molecule has 0 spiro atoms. The molecule has 4 heteroatoms. The maximum atomic E-state index is 13.0. The number of benzene rings is 1. The third-order valence-corrected chi connectivity index (χ3v) is 3.78. The molecule has 1 atom stereocenters. The second-order valence-corrected chi connectivity index (χ2v) is 5.64. The fourth-order valence-corrected chi connectivity index (χ4v) is 2.54. The molecule has 0 saturated heterocycles. The van der Waals surface area contributed by atoms with E-state index in [2.05, 4.69) is 5.32 Å². The van der Waals surface area contributed by atoms with Crippen molar-refractivity contribution < 1.29 is 9.18 Å². The topological polar surface area (TPSA) is 29.1 Å². The predicted octanol–water partition coefficient (Wildman–Crippen LogP) is 3.75. The van der Waals surface area contributed by atoms with E-state index in [-0.39, 0.29) is 23.7 Å². The van der Waals surface area contributed by atoms with Crippen LogP contribution in [0, 0.1) is 11.7 Å². The monoisotopic (exact) mass is 277 g/mol. The van der Waals surface area contributed by atoms with E-state index in [1.54, 1.807) is 23.5 Å². The number of hydrogen-bond donors (Lipinski definition) is 1. The Morgan fingerprint density at radius 3 is 2.42 bits per heavy atom. The molecule has 19 heavy (non-hydrogen) atoms. The van der Waals surface area contributed by atoms with Crippen LogP contribution in [0.3, 0.4) is 0 Å². The molecule has 0 aliphatic carbocycles. The van der Waals surface area contributed by atoms with Crippen molar-refractivity contribution in [3.8, 4) is 0 Å². The summed E-state index contributed by atoms with van der Waals surface area (Å²) in [6.45, 7) is 3.71. The molecule has 100 valence electrons. The molecular weight excluding hydrogens is 261 g/mol. The van der Waals surface area contributed by atoms with Gasteiger partial charge in [-0.15, -0.1) is 11.3 Å². The second-order valence-electron chi connectivity index (χ2n) is 4.66. The molecule has 0 fully saturated rings. The zero-order chi connectivity index (χ0) is 13.8. The number of hydrogen-bond acceptors (Lipinski definition) is 2. The summed E-state index contributed by atoms with van der Waals surface area (Å²) >= 11 is 1.58. The van der Waals surface area contributed by atoms with Crippen LogP contribution in [0.5, 0.6) is 0 Å². The lowest BCUT2D eigenvalue weighted by Gasteiger charge is -2.19. The Labute approximate surface area is 116 Å². The minimum atomic E-state index is -0.274. The Balaban J connectivity index is 2.29. The Bertz CT molecular complexity index is 534. The zero-order valence-electron chi connectivity index (χ0n) is 10.9. The van der Waals surface area contributed by atoms with E-state index in [0.29, 0.717) is 0 Å². The van der Waals surface area contributed by atoms with Crippen molar-refractivity contribution in [3.63, 3.8) is 0 Å². The first-order chi connectivity index (χ1) is 9.08. The van der Waals surface area contributed by atoms with Gasteiger partial charge in [0.25, 0.3) is 0 Å². The number of nitrogens with one attached hydrogen (secondary N) is 1. The van der Waals surface area contributed by atoms with Crippen molar-refractivity contribution >= 4 is 17.2 Å². The summed E-state index contributed by atoms with van der Waals surface area (Å²) in [5.74, 6) is -0.366. The molecule has 1 aromatic carbocycles. The molecule has 1 heterocycles. The Morgan fingerprint density at radius 2 is 1.89 bits per heavy atom. The predicted molar refractivity (Wildman–Crippen MR) is 75.5 cm³/mol. The van der Waals surface area contributed by atoms with Gasteiger partial charge in [0.2, 0.25) is 5.91 Å². The fraction of sp³-hybridized carbons (Fsp3) is 0.267. The first-order valence-corrected chi connectivity index (χ1v) is 7.05. The van der Waals surface area contributed by atoms with Gasteiger partial charge < -0.3 is 5.32 Å². The molecule has 2 nitrogen and oxygen atoms in total. The first kappa shape index (κ1) is 13.7. The molecule has 0 aliphatic rings. The highest BCUT2D eigenvalue weighted by Crippen LogP contribution is 2.26. The lowest BCUT2D eigenvalue weighted by atomic mass is 10.0. The molecule has 1 aromatic heterocycles. The van der Waals surface area contributed by atoms with Gasteiger partial charge in [0.05, 0.1) is 6.04 Å². The van der Waals surface area contributed by atoms with Crippen LogP contribution >= 0.6 is 11.3 Å². The third-order valence-electron chi connectivity index (χ3n) is 2.84. The fourth-order valence-electron chi connectivity index (χ4n) is 1.74. The van der Waals surface area contributed by atoms with Crippen molar-refractivity contribution in [2.24, 2.45) is 5.92 Å². The largest absolute Gasteiger partial charge is 0.344 e. The van der Waals surface area contributed by atoms with Crippen molar-refractivity contribution in [2.45, 2.75) is 19.9 Å². The number of rotatable bonds is 4. The van der Waals surface area contributed by atoms with Gasteiger partial charge in [0.15, 0.2) is 0 Å². The van der Waals surface area contributed by atoms with Crippen molar-refractivity contribution in [2.75, 3.05) is 0 Å². The van der Waals surface area contributed by atoms with Gasteiger partial charge in [0.1, 0.15) is 5.82 Å². The molecule has 1 N–H and O–H groups in total. The van der Waals surface area contributed by atoms with Crippen molar-refractivity contribution in [1.29, 1.82) is 0 Å². The van der Waals surface area contributed by atoms with E-state index < -0.39 is 0 Å². The molecule has 0 bridgehead atoms. The molecule has 1 unspecified atom stereocenters. The lowest BCUT2D eigenvalue weighted by molar-refractivity contribution is -0.124. The number of amides is 1. The highest BCUT2D eigenvalue weighted by molar-refractivity contribution is 7.10. The van der Waals surface area contributed by atoms with Crippen LogP contribution in [0.2, 0.25) is 0 Å². The van der Waals surface area contributed by atoms with Crippen molar-refractivity contribution in [3.05, 3.63) is 58.0 Å². The molecule has 2 aromatic rings. The van der Waals surface area contributed by atoms with Crippen LogP contribution in [-0.2, 0) is 4.79 Å².